The molecule has 160 valence electrons. The van der Waals surface area contributed by atoms with E-state index in [1.165, 1.54) is 55.4 Å². The number of rotatable bonds is 8. The molecular weight excluding hydrogens is 398 g/mol. The molecule has 6 nitrogen and oxygen atoms in total. The summed E-state index contributed by atoms with van der Waals surface area (Å²) in [4.78, 5) is 26.1. The highest BCUT2D eigenvalue weighted by Crippen LogP contribution is 2.25. The molecule has 0 radical (unpaired) electrons. The van der Waals surface area contributed by atoms with E-state index in [4.69, 9.17) is 0 Å². The number of benzene rings is 2. The second-order valence-electron chi connectivity index (χ2n) is 8.03. The average Bonchev–Trinajstić information content (AvgIpc) is 2.73. The molecule has 1 saturated heterocycles. The van der Waals surface area contributed by atoms with E-state index in [9.17, 15) is 14.9 Å². The lowest BCUT2D eigenvalue weighted by Crippen LogP contribution is -2.33. The minimum absolute atomic E-state index is 0.0506. The Morgan fingerprint density at radius 3 is 2.50 bits per heavy atom. The molecule has 1 heterocycles. The Kier molecular flexibility index (Phi) is 7.87. The number of nitro benzene ring substituents is 1. The number of nitrogens with zero attached hydrogens (tertiary/aromatic N) is 2. The number of nitrogens with one attached hydrogen (secondary N) is 1. The molecule has 7 heteroatoms. The van der Waals surface area contributed by atoms with Crippen molar-refractivity contribution in [3.05, 3.63) is 69.8 Å². The maximum absolute atomic E-state index is 12.4. The highest BCUT2D eigenvalue weighted by Gasteiger charge is 2.17. The Balaban J connectivity index is 1.45. The maximum Gasteiger partial charge on any atom is 0.269 e. The minimum atomic E-state index is -0.428. The van der Waals surface area contributed by atoms with Gasteiger partial charge in [-0.05, 0) is 55.5 Å². The number of non-ortho nitro benzene ring substituents is 1. The number of carbonyl (C=O) groups excluding carboxylic acids is 1. The molecular formula is C23H29N3O3S. The van der Waals surface area contributed by atoms with Gasteiger partial charge in [0, 0.05) is 36.7 Å². The Bertz CT molecular complexity index is 855. The molecule has 1 fully saturated rings. The second-order valence-corrected chi connectivity index (χ2v) is 9.44. The van der Waals surface area contributed by atoms with Crippen LogP contribution >= 0.6 is 11.8 Å². The van der Waals surface area contributed by atoms with Crippen molar-refractivity contribution in [2.75, 3.05) is 13.1 Å². The summed E-state index contributed by atoms with van der Waals surface area (Å²) in [7, 11) is 0. The van der Waals surface area contributed by atoms with Crippen molar-refractivity contribution in [2.24, 2.45) is 5.92 Å². The number of hydrogen-bond acceptors (Lipinski definition) is 5. The summed E-state index contributed by atoms with van der Waals surface area (Å²) in [5.74, 6) is 0.726. The van der Waals surface area contributed by atoms with Crippen LogP contribution in [0, 0.1) is 16.0 Å². The zero-order chi connectivity index (χ0) is 21.5. The fourth-order valence-corrected chi connectivity index (χ4v) is 4.58. The molecule has 2 aromatic carbocycles. The van der Waals surface area contributed by atoms with Gasteiger partial charge in [0.1, 0.15) is 0 Å². The molecule has 0 spiro atoms. The average molecular weight is 428 g/mol. The van der Waals surface area contributed by atoms with Crippen molar-refractivity contribution in [1.29, 1.82) is 0 Å². The molecule has 2 aromatic rings. The molecule has 2 unspecified atom stereocenters. The Hall–Kier alpha value is -2.38. The van der Waals surface area contributed by atoms with Crippen LogP contribution in [0.15, 0.2) is 53.4 Å². The lowest BCUT2D eigenvalue weighted by Gasteiger charge is -2.30. The number of carbonyl (C=O) groups is 1. The Morgan fingerprint density at radius 2 is 1.87 bits per heavy atom. The lowest BCUT2D eigenvalue weighted by molar-refractivity contribution is -0.384. The highest BCUT2D eigenvalue weighted by atomic mass is 32.2. The second kappa shape index (κ2) is 10.6. The van der Waals surface area contributed by atoms with Crippen molar-refractivity contribution >= 4 is 23.4 Å². The fourth-order valence-electron chi connectivity index (χ4n) is 3.69. The summed E-state index contributed by atoms with van der Waals surface area (Å²) in [6.07, 6.45) is 2.61. The van der Waals surface area contributed by atoms with Crippen LogP contribution in [0.4, 0.5) is 5.69 Å². The largest absolute Gasteiger partial charge is 0.351 e. The van der Waals surface area contributed by atoms with Gasteiger partial charge in [0.25, 0.3) is 5.69 Å². The smallest absolute Gasteiger partial charge is 0.269 e. The summed E-state index contributed by atoms with van der Waals surface area (Å²) in [5.41, 5.74) is 2.43. The number of piperidine rings is 1. The topological polar surface area (TPSA) is 75.5 Å². The van der Waals surface area contributed by atoms with Crippen molar-refractivity contribution in [3.63, 3.8) is 0 Å². The summed E-state index contributed by atoms with van der Waals surface area (Å²) in [6.45, 7) is 7.97. The van der Waals surface area contributed by atoms with Gasteiger partial charge in [0.05, 0.1) is 10.2 Å². The van der Waals surface area contributed by atoms with Gasteiger partial charge in [-0.3, -0.25) is 19.8 Å². The number of likely N-dealkylation sites (tertiary alicyclic amines) is 1. The van der Waals surface area contributed by atoms with E-state index in [-0.39, 0.29) is 16.8 Å². The van der Waals surface area contributed by atoms with Crippen LogP contribution in [0.2, 0.25) is 0 Å². The summed E-state index contributed by atoms with van der Waals surface area (Å²) in [5, 5.41) is 13.4. The molecule has 0 aromatic heterocycles. The molecule has 1 N–H and O–H groups in total. The van der Waals surface area contributed by atoms with Gasteiger partial charge in [0.2, 0.25) is 5.91 Å². The molecule has 0 saturated carbocycles. The molecule has 1 aliphatic heterocycles. The third-order valence-electron chi connectivity index (χ3n) is 5.37. The summed E-state index contributed by atoms with van der Waals surface area (Å²) in [6, 6.07) is 14.7. The monoisotopic (exact) mass is 427 g/mol. The van der Waals surface area contributed by atoms with Crippen molar-refractivity contribution in [2.45, 2.75) is 49.9 Å². The fraction of sp³-hybridized carbons (Fsp3) is 0.435. The molecule has 0 bridgehead atoms. The van der Waals surface area contributed by atoms with Gasteiger partial charge in [-0.2, -0.15) is 0 Å². The first-order valence-electron chi connectivity index (χ1n) is 10.4. The summed E-state index contributed by atoms with van der Waals surface area (Å²) >= 11 is 1.39. The van der Waals surface area contributed by atoms with E-state index in [0.717, 1.165) is 22.9 Å². The molecule has 0 aliphatic carbocycles. The van der Waals surface area contributed by atoms with Crippen molar-refractivity contribution in [3.8, 4) is 0 Å². The van der Waals surface area contributed by atoms with E-state index < -0.39 is 4.92 Å². The normalized spacial score (nSPS) is 18.0. The lowest BCUT2D eigenvalue weighted by atomic mass is 9.99. The van der Waals surface area contributed by atoms with Crippen LogP contribution in [0.3, 0.4) is 0 Å². The van der Waals surface area contributed by atoms with Gasteiger partial charge in [-0.25, -0.2) is 0 Å². The number of hydrogen-bond donors (Lipinski definition) is 1. The Morgan fingerprint density at radius 1 is 1.20 bits per heavy atom. The summed E-state index contributed by atoms with van der Waals surface area (Å²) < 4.78 is 0. The van der Waals surface area contributed by atoms with E-state index in [2.05, 4.69) is 41.4 Å². The van der Waals surface area contributed by atoms with Gasteiger partial charge in [-0.1, -0.05) is 31.2 Å². The molecule has 1 aliphatic rings. The Labute approximate surface area is 182 Å². The zero-order valence-corrected chi connectivity index (χ0v) is 18.4. The van der Waals surface area contributed by atoms with Crippen LogP contribution in [0.1, 0.15) is 37.8 Å². The number of thioether (sulfide) groups is 1. The first-order chi connectivity index (χ1) is 14.4. The van der Waals surface area contributed by atoms with E-state index in [1.807, 2.05) is 6.92 Å². The maximum atomic E-state index is 12.4. The number of amides is 1. The van der Waals surface area contributed by atoms with Gasteiger partial charge in [-0.15, -0.1) is 11.8 Å². The standard InChI is InChI=1S/C23H29N3O3S/c1-17-4-3-13-25(15-17)16-20-7-5-19(6-8-20)14-24-23(27)18(2)30-22-11-9-21(10-12-22)26(28)29/h5-12,17-18H,3-4,13-16H2,1-2H3,(H,24,27). The minimum Gasteiger partial charge on any atom is -0.351 e. The van der Waals surface area contributed by atoms with Crippen LogP contribution in [0.25, 0.3) is 0 Å². The van der Waals surface area contributed by atoms with Crippen LogP contribution in [0.5, 0.6) is 0 Å². The van der Waals surface area contributed by atoms with E-state index in [1.54, 1.807) is 12.1 Å². The van der Waals surface area contributed by atoms with Crippen LogP contribution < -0.4 is 5.32 Å². The van der Waals surface area contributed by atoms with Crippen molar-refractivity contribution in [1.82, 2.24) is 10.2 Å². The van der Waals surface area contributed by atoms with E-state index >= 15 is 0 Å². The van der Waals surface area contributed by atoms with E-state index in [0.29, 0.717) is 6.54 Å². The third kappa shape index (κ3) is 6.57. The SMILES string of the molecule is CC1CCCN(Cc2ccc(CNC(=O)C(C)Sc3ccc([N+](=O)[O-])cc3)cc2)C1. The molecule has 30 heavy (non-hydrogen) atoms. The van der Waals surface area contributed by atoms with Gasteiger partial charge < -0.3 is 5.32 Å². The highest BCUT2D eigenvalue weighted by molar-refractivity contribution is 8.00. The first-order valence-corrected chi connectivity index (χ1v) is 11.3. The molecule has 1 amide bonds. The van der Waals surface area contributed by atoms with Gasteiger partial charge >= 0.3 is 0 Å². The quantitative estimate of drug-likeness (QED) is 0.378. The van der Waals surface area contributed by atoms with Crippen molar-refractivity contribution < 1.29 is 9.72 Å². The van der Waals surface area contributed by atoms with Crippen LogP contribution in [-0.4, -0.2) is 34.1 Å². The van der Waals surface area contributed by atoms with Crippen LogP contribution in [-0.2, 0) is 17.9 Å². The molecule has 3 rings (SSSR count). The predicted octanol–water partition coefficient (Wildman–Crippen LogP) is 4.62. The first kappa shape index (κ1) is 22.3. The predicted molar refractivity (Wildman–Crippen MR) is 120 cm³/mol. The third-order valence-corrected chi connectivity index (χ3v) is 6.48. The number of nitro groups is 1. The molecule has 2 atom stereocenters. The van der Waals surface area contributed by atoms with Gasteiger partial charge in [0.15, 0.2) is 0 Å². The zero-order valence-electron chi connectivity index (χ0n) is 17.5.